The summed E-state index contributed by atoms with van der Waals surface area (Å²) in [5.74, 6) is 6.10. The molecule has 0 bridgehead atoms. The molecule has 19 heavy (non-hydrogen) atoms. The third-order valence-electron chi connectivity index (χ3n) is 2.81. The minimum atomic E-state index is -0.0999. The smallest absolute Gasteiger partial charge is 0.233 e. The zero-order chi connectivity index (χ0) is 13.7. The normalized spacial score (nSPS) is 12.2. The van der Waals surface area contributed by atoms with Gasteiger partial charge in [0.2, 0.25) is 5.88 Å². The van der Waals surface area contributed by atoms with Crippen LogP contribution in [0.4, 0.5) is 0 Å². The Morgan fingerprint density at radius 3 is 2.63 bits per heavy atom. The minimum absolute atomic E-state index is 0.0999. The predicted octanol–water partition coefficient (Wildman–Crippen LogP) is 1.99. The molecule has 2 aromatic rings. The number of nitrogens with one attached hydrogen (secondary N) is 1. The van der Waals surface area contributed by atoms with Crippen molar-refractivity contribution in [2.45, 2.75) is 12.5 Å². The van der Waals surface area contributed by atoms with E-state index in [4.69, 9.17) is 10.6 Å². The maximum atomic E-state index is 5.61. The van der Waals surface area contributed by atoms with Gasteiger partial charge in [-0.15, -0.1) is 5.10 Å². The number of rotatable bonds is 5. The van der Waals surface area contributed by atoms with Crippen LogP contribution in [0, 0.1) is 0 Å². The quantitative estimate of drug-likeness (QED) is 0.650. The minimum Gasteiger partial charge on any atom is -0.480 e. The van der Waals surface area contributed by atoms with Gasteiger partial charge in [0, 0.05) is 10.5 Å². The van der Waals surface area contributed by atoms with Crippen LogP contribution in [0.1, 0.15) is 17.3 Å². The number of benzene rings is 1. The molecule has 5 nitrogen and oxygen atoms in total. The summed E-state index contributed by atoms with van der Waals surface area (Å²) in [6, 6.07) is 11.5. The number of hydrazine groups is 1. The Balaban J connectivity index is 2.17. The lowest BCUT2D eigenvalue weighted by Crippen LogP contribution is -2.30. The van der Waals surface area contributed by atoms with Crippen molar-refractivity contribution >= 4 is 15.9 Å². The molecule has 0 radical (unpaired) electrons. The number of hydrogen-bond donors (Lipinski definition) is 2. The lowest BCUT2D eigenvalue weighted by molar-refractivity contribution is 0.389. The average molecular weight is 323 g/mol. The molecule has 0 saturated carbocycles. The van der Waals surface area contributed by atoms with Crippen LogP contribution in [0.5, 0.6) is 5.88 Å². The number of hydrogen-bond acceptors (Lipinski definition) is 5. The van der Waals surface area contributed by atoms with E-state index in [9.17, 15) is 0 Å². The third-order valence-corrected chi connectivity index (χ3v) is 3.58. The summed E-state index contributed by atoms with van der Waals surface area (Å²) in [6.45, 7) is 0. The van der Waals surface area contributed by atoms with Crippen LogP contribution >= 0.6 is 15.9 Å². The first-order chi connectivity index (χ1) is 9.24. The second-order valence-corrected chi connectivity index (χ2v) is 4.87. The van der Waals surface area contributed by atoms with Gasteiger partial charge in [-0.3, -0.25) is 11.3 Å². The van der Waals surface area contributed by atoms with Gasteiger partial charge in [-0.1, -0.05) is 34.1 Å². The highest BCUT2D eigenvalue weighted by atomic mass is 79.9. The summed E-state index contributed by atoms with van der Waals surface area (Å²) in [5, 5.41) is 8.06. The van der Waals surface area contributed by atoms with E-state index in [0.29, 0.717) is 5.88 Å². The van der Waals surface area contributed by atoms with E-state index in [1.165, 1.54) is 0 Å². The van der Waals surface area contributed by atoms with Gasteiger partial charge >= 0.3 is 0 Å². The molecule has 0 aliphatic carbocycles. The Bertz CT molecular complexity index is 532. The van der Waals surface area contributed by atoms with Crippen molar-refractivity contribution in [3.05, 3.63) is 52.1 Å². The Morgan fingerprint density at radius 2 is 2.05 bits per heavy atom. The molecule has 0 aliphatic rings. The van der Waals surface area contributed by atoms with Crippen molar-refractivity contribution in [1.82, 2.24) is 15.6 Å². The highest BCUT2D eigenvalue weighted by Crippen LogP contribution is 2.22. The molecule has 0 amide bonds. The highest BCUT2D eigenvalue weighted by Gasteiger charge is 2.14. The van der Waals surface area contributed by atoms with Gasteiger partial charge in [-0.05, 0) is 24.1 Å². The first-order valence-corrected chi connectivity index (χ1v) is 6.61. The molecule has 100 valence electrons. The Morgan fingerprint density at radius 1 is 1.26 bits per heavy atom. The fourth-order valence-electron chi connectivity index (χ4n) is 1.76. The van der Waals surface area contributed by atoms with Crippen LogP contribution in [0.3, 0.4) is 0 Å². The van der Waals surface area contributed by atoms with E-state index < -0.39 is 0 Å². The molecule has 1 unspecified atom stereocenters. The van der Waals surface area contributed by atoms with E-state index in [1.54, 1.807) is 13.2 Å². The first kappa shape index (κ1) is 13.9. The highest BCUT2D eigenvalue weighted by molar-refractivity contribution is 9.10. The second-order valence-electron chi connectivity index (χ2n) is 4.02. The van der Waals surface area contributed by atoms with Gasteiger partial charge in [-0.2, -0.15) is 5.10 Å². The lowest BCUT2D eigenvalue weighted by atomic mass is 10.0. The second kappa shape index (κ2) is 6.60. The molecule has 2 rings (SSSR count). The molecule has 1 heterocycles. The maximum Gasteiger partial charge on any atom is 0.233 e. The average Bonchev–Trinajstić information content (AvgIpc) is 2.47. The molecular formula is C13H15BrN4O. The standard InChI is InChI=1S/C13H15BrN4O/c1-19-13-7-6-11(17-18-13)12(16-15)8-9-4-2-3-5-10(9)14/h2-7,12,16H,8,15H2,1H3. The molecule has 1 atom stereocenters. The fourth-order valence-corrected chi connectivity index (χ4v) is 2.20. The predicted molar refractivity (Wildman–Crippen MR) is 76.5 cm³/mol. The van der Waals surface area contributed by atoms with Crippen LogP contribution in [-0.2, 0) is 6.42 Å². The van der Waals surface area contributed by atoms with Crippen molar-refractivity contribution in [3.8, 4) is 5.88 Å². The van der Waals surface area contributed by atoms with Crippen molar-refractivity contribution in [3.63, 3.8) is 0 Å². The molecule has 0 fully saturated rings. The number of halogens is 1. The van der Waals surface area contributed by atoms with E-state index in [0.717, 1.165) is 22.2 Å². The molecule has 3 N–H and O–H groups in total. The van der Waals surface area contributed by atoms with E-state index in [-0.39, 0.29) is 6.04 Å². The summed E-state index contributed by atoms with van der Waals surface area (Å²) >= 11 is 3.52. The van der Waals surface area contributed by atoms with Crippen molar-refractivity contribution in [2.24, 2.45) is 5.84 Å². The maximum absolute atomic E-state index is 5.61. The summed E-state index contributed by atoms with van der Waals surface area (Å²) in [4.78, 5) is 0. The summed E-state index contributed by atoms with van der Waals surface area (Å²) in [7, 11) is 1.56. The number of aromatic nitrogens is 2. The number of methoxy groups -OCH3 is 1. The summed E-state index contributed by atoms with van der Waals surface area (Å²) in [5.41, 5.74) is 4.70. The first-order valence-electron chi connectivity index (χ1n) is 5.81. The van der Waals surface area contributed by atoms with Gasteiger partial charge < -0.3 is 4.74 Å². The Labute approximate surface area is 120 Å². The van der Waals surface area contributed by atoms with Gasteiger partial charge in [0.05, 0.1) is 18.8 Å². The summed E-state index contributed by atoms with van der Waals surface area (Å²) in [6.07, 6.45) is 0.721. The molecule has 6 heteroatoms. The van der Waals surface area contributed by atoms with E-state index in [1.807, 2.05) is 30.3 Å². The molecule has 1 aromatic heterocycles. The topological polar surface area (TPSA) is 73.1 Å². The van der Waals surface area contributed by atoms with Gasteiger partial charge in [0.1, 0.15) is 0 Å². The van der Waals surface area contributed by atoms with Crippen LogP contribution in [-0.4, -0.2) is 17.3 Å². The van der Waals surface area contributed by atoms with Crippen LogP contribution in [0.2, 0.25) is 0 Å². The monoisotopic (exact) mass is 322 g/mol. The van der Waals surface area contributed by atoms with Crippen molar-refractivity contribution in [1.29, 1.82) is 0 Å². The number of nitrogens with two attached hydrogens (primary N) is 1. The number of ether oxygens (including phenoxy) is 1. The van der Waals surface area contributed by atoms with Gasteiger partial charge in [0.25, 0.3) is 0 Å². The zero-order valence-corrected chi connectivity index (χ0v) is 12.1. The van der Waals surface area contributed by atoms with E-state index in [2.05, 4.69) is 31.6 Å². The Hall–Kier alpha value is -1.50. The SMILES string of the molecule is COc1ccc(C(Cc2ccccc2Br)NN)nn1. The van der Waals surface area contributed by atoms with Crippen LogP contribution in [0.15, 0.2) is 40.9 Å². The lowest BCUT2D eigenvalue weighted by Gasteiger charge is -2.15. The number of nitrogens with zero attached hydrogens (tertiary/aromatic N) is 2. The van der Waals surface area contributed by atoms with Gasteiger partial charge in [0.15, 0.2) is 0 Å². The molecule has 0 aliphatic heterocycles. The van der Waals surface area contributed by atoms with Crippen molar-refractivity contribution < 1.29 is 4.74 Å². The molecule has 0 saturated heterocycles. The van der Waals surface area contributed by atoms with Crippen molar-refractivity contribution in [2.75, 3.05) is 7.11 Å². The Kier molecular flexibility index (Phi) is 4.84. The van der Waals surface area contributed by atoms with Crippen LogP contribution in [0.25, 0.3) is 0 Å². The summed E-state index contributed by atoms with van der Waals surface area (Å²) < 4.78 is 6.04. The van der Waals surface area contributed by atoms with Crippen LogP contribution < -0.4 is 16.0 Å². The fraction of sp³-hybridized carbons (Fsp3) is 0.231. The van der Waals surface area contributed by atoms with Gasteiger partial charge in [-0.25, -0.2) is 0 Å². The molecule has 1 aromatic carbocycles. The third kappa shape index (κ3) is 3.50. The largest absolute Gasteiger partial charge is 0.480 e. The molecule has 0 spiro atoms. The molecular weight excluding hydrogens is 308 g/mol. The van der Waals surface area contributed by atoms with E-state index >= 15 is 0 Å². The zero-order valence-electron chi connectivity index (χ0n) is 10.5.